The van der Waals surface area contributed by atoms with Gasteiger partial charge in [0.05, 0.1) is 6.04 Å². The maximum absolute atomic E-state index is 12.9. The van der Waals surface area contributed by atoms with Crippen molar-refractivity contribution in [3.63, 3.8) is 0 Å². The minimum atomic E-state index is -0.951. The van der Waals surface area contributed by atoms with E-state index in [9.17, 15) is 14.4 Å². The lowest BCUT2D eigenvalue weighted by Crippen LogP contribution is -2.42. The highest BCUT2D eigenvalue weighted by Gasteiger charge is 2.29. The van der Waals surface area contributed by atoms with E-state index in [0.29, 0.717) is 24.3 Å². The molecule has 8 heteroatoms. The Morgan fingerprint density at radius 2 is 1.61 bits per heavy atom. The van der Waals surface area contributed by atoms with Crippen molar-refractivity contribution >= 4 is 23.7 Å². The van der Waals surface area contributed by atoms with Gasteiger partial charge in [0.15, 0.2) is 11.6 Å². The van der Waals surface area contributed by atoms with Crippen molar-refractivity contribution in [1.82, 2.24) is 5.32 Å². The third kappa shape index (κ3) is 9.03. The van der Waals surface area contributed by atoms with Gasteiger partial charge in [-0.25, -0.2) is 4.79 Å². The molecule has 3 aromatic rings. The largest absolute Gasteiger partial charge is 0.535 e. The number of benzene rings is 3. The Balaban J connectivity index is 1.19. The number of nitrogens with two attached hydrogens (primary N) is 1. The molecular formula is C33H37N3O5. The number of carbonyl (C=O) groups is 3. The van der Waals surface area contributed by atoms with Crippen LogP contribution < -0.4 is 11.1 Å². The average molecular weight is 556 g/mol. The maximum atomic E-state index is 12.9. The van der Waals surface area contributed by atoms with Crippen LogP contribution in [0.5, 0.6) is 0 Å². The van der Waals surface area contributed by atoms with Crippen LogP contribution in [0.15, 0.2) is 90.1 Å². The lowest BCUT2D eigenvalue weighted by Gasteiger charge is -2.29. The predicted octanol–water partition coefficient (Wildman–Crippen LogP) is 5.64. The molecule has 0 bridgehead atoms. The molecule has 0 spiro atoms. The SMILES string of the molecule is C[C@H](NC(=O)[C@@H]1CCC[C@H](c2ccccc2)C1)C(=O)CCc1ccc(/C(N)=N/OC(=O)OCc2ccccc2)cc1. The van der Waals surface area contributed by atoms with Crippen molar-refractivity contribution < 1.29 is 24.0 Å². The lowest BCUT2D eigenvalue weighted by molar-refractivity contribution is -0.130. The minimum Gasteiger partial charge on any atom is -0.428 e. The van der Waals surface area contributed by atoms with Crippen molar-refractivity contribution in [2.75, 3.05) is 0 Å². The molecule has 3 aromatic carbocycles. The summed E-state index contributed by atoms with van der Waals surface area (Å²) in [4.78, 5) is 42.2. The zero-order chi connectivity index (χ0) is 29.0. The molecule has 0 saturated heterocycles. The molecule has 0 heterocycles. The van der Waals surface area contributed by atoms with Gasteiger partial charge in [0.2, 0.25) is 5.91 Å². The third-order valence-electron chi connectivity index (χ3n) is 7.49. The summed E-state index contributed by atoms with van der Waals surface area (Å²) in [5.74, 6) is 0.295. The number of amidine groups is 1. The normalized spacial score (nSPS) is 17.7. The van der Waals surface area contributed by atoms with E-state index in [2.05, 4.69) is 22.6 Å². The van der Waals surface area contributed by atoms with Crippen LogP contribution in [-0.2, 0) is 32.2 Å². The number of Topliss-reactive ketones (excluding diaryl/α,β-unsaturated/α-hetero) is 1. The van der Waals surface area contributed by atoms with Gasteiger partial charge in [0.25, 0.3) is 0 Å². The number of hydrogen-bond acceptors (Lipinski definition) is 6. The number of amides is 1. The summed E-state index contributed by atoms with van der Waals surface area (Å²) < 4.78 is 5.01. The van der Waals surface area contributed by atoms with Crippen LogP contribution in [0.2, 0.25) is 0 Å². The fourth-order valence-corrected chi connectivity index (χ4v) is 5.08. The first-order chi connectivity index (χ1) is 19.9. The van der Waals surface area contributed by atoms with Crippen LogP contribution in [0.4, 0.5) is 4.79 Å². The van der Waals surface area contributed by atoms with Gasteiger partial charge in [-0.3, -0.25) is 14.4 Å². The third-order valence-corrected chi connectivity index (χ3v) is 7.49. The Bertz CT molecular complexity index is 1330. The fraction of sp³-hybridized carbons (Fsp3) is 0.333. The highest BCUT2D eigenvalue weighted by atomic mass is 16.8. The van der Waals surface area contributed by atoms with Crippen LogP contribution >= 0.6 is 0 Å². The van der Waals surface area contributed by atoms with Crippen molar-refractivity contribution in [3.8, 4) is 0 Å². The smallest absolute Gasteiger partial charge is 0.428 e. The van der Waals surface area contributed by atoms with Crippen LogP contribution in [0, 0.1) is 5.92 Å². The Hall–Kier alpha value is -4.46. The first kappa shape index (κ1) is 29.5. The maximum Gasteiger partial charge on any atom is 0.535 e. The van der Waals surface area contributed by atoms with E-state index in [-0.39, 0.29) is 30.1 Å². The fourth-order valence-electron chi connectivity index (χ4n) is 5.08. The number of hydrogen-bond donors (Lipinski definition) is 2. The number of carbonyl (C=O) groups excluding carboxylic acids is 3. The molecule has 8 nitrogen and oxygen atoms in total. The summed E-state index contributed by atoms with van der Waals surface area (Å²) >= 11 is 0. The van der Waals surface area contributed by atoms with Gasteiger partial charge in [-0.15, -0.1) is 0 Å². The standard InChI is InChI=1S/C33H37N3O5/c1-23(35-32(38)29-14-8-13-28(21-29)26-11-6-3-7-12-26)30(37)20-17-24-15-18-27(19-16-24)31(34)36-41-33(39)40-22-25-9-4-2-5-10-25/h2-7,9-12,15-16,18-19,23,28-29H,8,13-14,17,20-22H2,1H3,(H2,34,36)(H,35,38)/t23-,28-,29+/m0/s1. The van der Waals surface area contributed by atoms with E-state index in [0.717, 1.165) is 36.8 Å². The minimum absolute atomic E-state index is 0.0127. The summed E-state index contributed by atoms with van der Waals surface area (Å²) in [5, 5.41) is 6.60. The van der Waals surface area contributed by atoms with Crippen molar-refractivity contribution in [2.24, 2.45) is 16.8 Å². The topological polar surface area (TPSA) is 120 Å². The number of ether oxygens (including phenoxy) is 1. The lowest BCUT2D eigenvalue weighted by atomic mass is 9.77. The van der Waals surface area contributed by atoms with Gasteiger partial charge in [-0.2, -0.15) is 0 Å². The second-order valence-electron chi connectivity index (χ2n) is 10.5. The first-order valence-electron chi connectivity index (χ1n) is 14.1. The van der Waals surface area contributed by atoms with Crippen molar-refractivity contribution in [2.45, 2.75) is 64.0 Å². The summed E-state index contributed by atoms with van der Waals surface area (Å²) in [6.45, 7) is 1.82. The molecule has 3 atom stereocenters. The molecule has 0 radical (unpaired) electrons. The molecule has 1 aliphatic rings. The Morgan fingerprint density at radius 3 is 2.32 bits per heavy atom. The van der Waals surface area contributed by atoms with Crippen LogP contribution in [-0.4, -0.2) is 29.7 Å². The molecule has 1 amide bonds. The van der Waals surface area contributed by atoms with Gasteiger partial charge in [0, 0.05) is 17.9 Å². The Morgan fingerprint density at radius 1 is 0.927 bits per heavy atom. The number of aryl methyl sites for hydroxylation is 1. The van der Waals surface area contributed by atoms with Gasteiger partial charge < -0.3 is 15.8 Å². The van der Waals surface area contributed by atoms with E-state index < -0.39 is 12.2 Å². The Kier molecular flexibility index (Phi) is 10.7. The second kappa shape index (κ2) is 14.8. The van der Waals surface area contributed by atoms with Crippen LogP contribution in [0.1, 0.15) is 67.2 Å². The van der Waals surface area contributed by atoms with E-state index in [1.807, 2.05) is 60.7 Å². The first-order valence-corrected chi connectivity index (χ1v) is 14.1. The van der Waals surface area contributed by atoms with E-state index >= 15 is 0 Å². The molecule has 214 valence electrons. The second-order valence-corrected chi connectivity index (χ2v) is 10.5. The van der Waals surface area contributed by atoms with Crippen LogP contribution in [0.3, 0.4) is 0 Å². The number of nitrogens with zero attached hydrogens (tertiary/aromatic N) is 1. The molecule has 0 aliphatic heterocycles. The van der Waals surface area contributed by atoms with Gasteiger partial charge in [0.1, 0.15) is 6.61 Å². The van der Waals surface area contributed by atoms with Crippen molar-refractivity contribution in [3.05, 3.63) is 107 Å². The molecule has 1 aliphatic carbocycles. The van der Waals surface area contributed by atoms with Gasteiger partial charge in [-0.05, 0) is 55.2 Å². The predicted molar refractivity (Wildman–Crippen MR) is 157 cm³/mol. The molecule has 3 N–H and O–H groups in total. The highest BCUT2D eigenvalue weighted by molar-refractivity contribution is 5.97. The highest BCUT2D eigenvalue weighted by Crippen LogP contribution is 2.36. The molecule has 1 saturated carbocycles. The van der Waals surface area contributed by atoms with Gasteiger partial charge in [-0.1, -0.05) is 96.5 Å². The number of rotatable bonds is 11. The monoisotopic (exact) mass is 555 g/mol. The summed E-state index contributed by atoms with van der Waals surface area (Å²) in [5.41, 5.74) is 9.55. The van der Waals surface area contributed by atoms with Crippen molar-refractivity contribution in [1.29, 1.82) is 0 Å². The summed E-state index contributed by atoms with van der Waals surface area (Å²) in [7, 11) is 0. The molecule has 1 fully saturated rings. The number of ketones is 1. The molecular weight excluding hydrogens is 518 g/mol. The van der Waals surface area contributed by atoms with E-state index in [1.54, 1.807) is 19.1 Å². The van der Waals surface area contributed by atoms with Crippen LogP contribution in [0.25, 0.3) is 0 Å². The number of nitrogens with one attached hydrogen (secondary N) is 1. The molecule has 4 rings (SSSR count). The summed E-state index contributed by atoms with van der Waals surface area (Å²) in [6.07, 6.45) is 3.65. The molecule has 0 aromatic heterocycles. The number of oxime groups is 1. The Labute approximate surface area is 240 Å². The quantitative estimate of drug-likeness (QED) is 0.104. The van der Waals surface area contributed by atoms with E-state index in [1.165, 1.54) is 5.56 Å². The van der Waals surface area contributed by atoms with E-state index in [4.69, 9.17) is 15.3 Å². The zero-order valence-electron chi connectivity index (χ0n) is 23.3. The zero-order valence-corrected chi connectivity index (χ0v) is 23.3. The molecule has 0 unspecified atom stereocenters. The van der Waals surface area contributed by atoms with Gasteiger partial charge >= 0.3 is 6.16 Å². The summed E-state index contributed by atoms with van der Waals surface area (Å²) in [6, 6.07) is 26.2. The average Bonchev–Trinajstić information content (AvgIpc) is 3.02. The molecule has 41 heavy (non-hydrogen) atoms.